The van der Waals surface area contributed by atoms with Crippen LogP contribution in [0.15, 0.2) is 206 Å². The maximum atomic E-state index is 11.2. The maximum absolute atomic E-state index is 11.2. The van der Waals surface area contributed by atoms with E-state index in [1.165, 1.54) is 21.5 Å². The molecule has 250 valence electrons. The number of carbonyl (C=O) groups is 2. The van der Waals surface area contributed by atoms with E-state index in [0.29, 0.717) is 0 Å². The number of hydrogen-bond acceptors (Lipinski definition) is 4. The predicted octanol–water partition coefficient (Wildman–Crippen LogP) is 4.17. The Balaban J connectivity index is 0.000000136. The molecule has 0 saturated heterocycles. The normalized spacial score (nSPS) is 11.2. The van der Waals surface area contributed by atoms with Crippen molar-refractivity contribution in [1.29, 1.82) is 0 Å². The Morgan fingerprint density at radius 3 is 0.673 bits per heavy atom. The molecule has 0 bridgehead atoms. The van der Waals surface area contributed by atoms with Gasteiger partial charge in [0.15, 0.2) is 11.6 Å². The Bertz CT molecular complexity index is 1880. The molecule has 6 heteroatoms. The van der Waals surface area contributed by atoms with Crippen molar-refractivity contribution in [1.82, 2.24) is 0 Å². The van der Waals surface area contributed by atoms with Crippen LogP contribution in [0.4, 0.5) is 0 Å². The summed E-state index contributed by atoms with van der Waals surface area (Å²) in [5, 5.41) is 22.5. The molecule has 0 atom stereocenters. The zero-order valence-corrected chi connectivity index (χ0v) is 34.0. The quantitative estimate of drug-likeness (QED) is 0.235. The number of hydrogen-bond donors (Lipinski definition) is 0. The fourth-order valence-corrected chi connectivity index (χ4v) is 20.7. The Labute approximate surface area is 318 Å². The van der Waals surface area contributed by atoms with Crippen molar-refractivity contribution >= 4 is 72.6 Å². The van der Waals surface area contributed by atoms with Gasteiger partial charge in [-0.25, -0.2) is 0 Å². The molecule has 0 amide bonds. The molecule has 7 aromatic carbocycles. The average Bonchev–Trinajstić information content (AvgIpc) is 3.21. The molecule has 0 fully saturated rings. The average molecular weight is 888 g/mol. The number of fused-ring (bicyclic) bond motifs is 1. The molecule has 0 heterocycles. The number of benzene rings is 7. The first-order valence-corrected chi connectivity index (χ1v) is 25.4. The zero-order valence-electron chi connectivity index (χ0n) is 28.3. The molecule has 0 radical (unpaired) electrons. The first kappa shape index (κ1) is 36.6. The van der Waals surface area contributed by atoms with E-state index in [1.807, 2.05) is 0 Å². The number of rotatable bonds is 6. The topological polar surface area (TPSA) is 80.3 Å². The summed E-state index contributed by atoms with van der Waals surface area (Å²) in [6.45, 7) is 0. The van der Waals surface area contributed by atoms with Crippen LogP contribution in [-0.4, -0.2) is 51.1 Å². The summed E-state index contributed by atoms with van der Waals surface area (Å²) in [4.78, 5) is 22.5. The van der Waals surface area contributed by atoms with Crippen LogP contribution in [0.25, 0.3) is 0 Å². The second-order valence-electron chi connectivity index (χ2n) is 11.8. The number of allylic oxidation sites excluding steroid dienone is 2. The van der Waals surface area contributed by atoms with Crippen LogP contribution in [-0.2, 0) is 0 Å². The van der Waals surface area contributed by atoms with Gasteiger partial charge in [-0.2, -0.15) is 0 Å². The molecule has 8 rings (SSSR count). The fraction of sp³-hybridized carbons (Fsp3) is 0. The van der Waals surface area contributed by atoms with Crippen molar-refractivity contribution in [3.63, 3.8) is 0 Å². The van der Waals surface area contributed by atoms with Crippen molar-refractivity contribution in [2.45, 2.75) is 0 Å². The predicted molar refractivity (Wildman–Crippen MR) is 211 cm³/mol. The van der Waals surface area contributed by atoms with E-state index in [-0.39, 0.29) is 11.1 Å². The Morgan fingerprint density at radius 2 is 0.481 bits per heavy atom. The van der Waals surface area contributed by atoms with Gasteiger partial charge in [-0.05, 0) is 12.2 Å². The van der Waals surface area contributed by atoms with Crippen LogP contribution < -0.4 is 31.7 Å². The van der Waals surface area contributed by atoms with Gasteiger partial charge in [-0.15, -0.1) is 0 Å². The monoisotopic (exact) mass is 890 g/mol. The molecular formula is C46H34O4Sn2. The standard InChI is InChI=1S/C10H6O4.6C6H5.2Sn/c11-5-1-2-6(12)10-8(14)4-3-7(13)9(5)10;6*1-2-4-6-5-3-1;;/h1-4,11-12H;6*1-5H;;/q;;;;;;;2*+1/p-2. The molecule has 7 aromatic rings. The minimum absolute atomic E-state index is 0.301. The molecule has 1 aliphatic rings. The van der Waals surface area contributed by atoms with E-state index in [1.54, 1.807) is 0 Å². The van der Waals surface area contributed by atoms with E-state index in [2.05, 4.69) is 182 Å². The van der Waals surface area contributed by atoms with Crippen LogP contribution in [0, 0.1) is 0 Å². The molecule has 0 aromatic heterocycles. The zero-order chi connectivity index (χ0) is 36.1. The summed E-state index contributed by atoms with van der Waals surface area (Å²) in [6.07, 6.45) is 2.01. The van der Waals surface area contributed by atoms with Crippen molar-refractivity contribution in [3.05, 3.63) is 217 Å². The van der Waals surface area contributed by atoms with Crippen LogP contribution >= 0.6 is 0 Å². The summed E-state index contributed by atoms with van der Waals surface area (Å²) in [6, 6.07) is 67.9. The summed E-state index contributed by atoms with van der Waals surface area (Å²) < 4.78 is 9.18. The first-order valence-electron chi connectivity index (χ1n) is 16.9. The van der Waals surface area contributed by atoms with Gasteiger partial charge >= 0.3 is 243 Å². The van der Waals surface area contributed by atoms with Gasteiger partial charge in [0, 0.05) is 11.1 Å². The molecule has 1 aliphatic carbocycles. The van der Waals surface area contributed by atoms with Gasteiger partial charge in [0.05, 0.1) is 0 Å². The van der Waals surface area contributed by atoms with Gasteiger partial charge in [0.2, 0.25) is 0 Å². The molecule has 52 heavy (non-hydrogen) atoms. The van der Waals surface area contributed by atoms with E-state index in [4.69, 9.17) is 0 Å². The second kappa shape index (κ2) is 18.4. The second-order valence-corrected chi connectivity index (χ2v) is 26.0. The fourth-order valence-electron chi connectivity index (χ4n) is 6.00. The third-order valence-electron chi connectivity index (χ3n) is 8.38. The van der Waals surface area contributed by atoms with Crippen molar-refractivity contribution in [3.8, 4) is 11.5 Å². The Morgan fingerprint density at radius 1 is 0.288 bits per heavy atom. The molecule has 0 saturated carbocycles. The first-order chi connectivity index (χ1) is 25.5. The molecule has 0 N–H and O–H groups in total. The molecule has 4 nitrogen and oxygen atoms in total. The summed E-state index contributed by atoms with van der Waals surface area (Å²) in [7, 11) is 0. The van der Waals surface area contributed by atoms with Crippen molar-refractivity contribution in [2.75, 3.05) is 0 Å². The number of carbonyl (C=O) groups excluding carboxylic acids is 2. The Kier molecular flexibility index (Phi) is 12.9. The molecule has 0 spiro atoms. The van der Waals surface area contributed by atoms with Gasteiger partial charge in [0.25, 0.3) is 0 Å². The van der Waals surface area contributed by atoms with Crippen LogP contribution in [0.2, 0.25) is 0 Å². The van der Waals surface area contributed by atoms with Gasteiger partial charge in [-0.3, -0.25) is 9.59 Å². The van der Waals surface area contributed by atoms with Crippen LogP contribution in [0.3, 0.4) is 0 Å². The summed E-state index contributed by atoms with van der Waals surface area (Å²) >= 11 is -3.96. The van der Waals surface area contributed by atoms with Crippen LogP contribution in [0.1, 0.15) is 20.7 Å². The van der Waals surface area contributed by atoms with E-state index in [9.17, 15) is 19.8 Å². The summed E-state index contributed by atoms with van der Waals surface area (Å²) in [5.41, 5.74) is -0.602. The van der Waals surface area contributed by atoms with Gasteiger partial charge in [0.1, 0.15) is 0 Å². The molecule has 0 unspecified atom stereocenters. The van der Waals surface area contributed by atoms with Crippen molar-refractivity contribution in [2.24, 2.45) is 0 Å². The van der Waals surface area contributed by atoms with Gasteiger partial charge < -0.3 is 10.2 Å². The third kappa shape index (κ3) is 9.18. The minimum atomic E-state index is -1.98. The van der Waals surface area contributed by atoms with E-state index >= 15 is 0 Å². The van der Waals surface area contributed by atoms with E-state index in [0.717, 1.165) is 24.3 Å². The number of ketones is 2. The van der Waals surface area contributed by atoms with Gasteiger partial charge in [-0.1, -0.05) is 23.6 Å². The summed E-state index contributed by atoms with van der Waals surface area (Å²) in [5.74, 6) is -2.32. The van der Waals surface area contributed by atoms with Crippen LogP contribution in [0.5, 0.6) is 11.5 Å². The molecule has 0 aliphatic heterocycles. The molecular weight excluding hydrogens is 854 g/mol. The Hall–Kier alpha value is -5.18. The van der Waals surface area contributed by atoms with Crippen molar-refractivity contribution < 1.29 is 19.8 Å². The third-order valence-corrected chi connectivity index (χ3v) is 24.0. The SMILES string of the molecule is O=C1C=CC(=O)c2c([O-])ccc([O-])c21.c1cc[c]([Sn+]([c]2ccccc2)[c]2ccccc2)cc1.c1cc[c]([Sn+]([c]2ccccc2)[c]2ccccc2)cc1. The van der Waals surface area contributed by atoms with E-state index < -0.39 is 62.6 Å².